The minimum atomic E-state index is 0. The van der Waals surface area contributed by atoms with Crippen LogP contribution in [0.25, 0.3) is 0 Å². The molecule has 0 heterocycles. The zero-order chi connectivity index (χ0) is 0. The topological polar surface area (TPSA) is 28.5 Å². The minimum absolute atomic E-state index is 0. The fraction of sp³-hybridized carbons (Fsp3) is 0. The molecule has 0 fully saturated rings. The van der Waals surface area contributed by atoms with Crippen LogP contribution in [0.5, 0.6) is 0 Å². The molecule has 0 rings (SSSR count). The molecule has 0 spiro atoms. The van der Waals surface area contributed by atoms with Crippen LogP contribution in [-0.2, 0) is 63.5 Å². The Morgan fingerprint density at radius 2 is 1.00 bits per heavy atom. The molecule has 0 N–H and O–H groups in total. The van der Waals surface area contributed by atoms with Gasteiger partial charge >= 0.3 is 38.3 Å². The van der Waals surface area contributed by atoms with Gasteiger partial charge in [0.2, 0.25) is 0 Å². The summed E-state index contributed by atoms with van der Waals surface area (Å²) in [5.74, 6) is 0. The van der Waals surface area contributed by atoms with Crippen molar-refractivity contribution in [3.63, 3.8) is 0 Å². The van der Waals surface area contributed by atoms with Gasteiger partial charge in [-0.15, -0.1) is 0 Å². The Balaban J connectivity index is 0. The van der Waals surface area contributed by atoms with Crippen molar-refractivity contribution in [1.82, 2.24) is 0 Å². The molecule has 0 saturated heterocycles. The maximum absolute atomic E-state index is 0. The molecule has 0 amide bonds. The van der Waals surface area contributed by atoms with E-state index < -0.39 is 0 Å². The predicted octanol–water partition coefficient (Wildman–Crippen LogP) is -0.775. The zero-order valence-electron chi connectivity index (χ0n) is 1.95. The maximum atomic E-state index is 0. The summed E-state index contributed by atoms with van der Waals surface area (Å²) in [6, 6.07) is 0. The summed E-state index contributed by atoms with van der Waals surface area (Å²) < 4.78 is 0. The summed E-state index contributed by atoms with van der Waals surface area (Å²) in [7, 11) is 0. The summed E-state index contributed by atoms with van der Waals surface area (Å²) in [6.07, 6.45) is 0. The smallest absolute Gasteiger partial charge is 2.00 e. The second-order valence-corrected chi connectivity index (χ2v) is 0. The van der Waals surface area contributed by atoms with Gasteiger partial charge in [-0.05, 0) is 0 Å². The molecule has 0 saturated carbocycles. The molecule has 5 heavy (non-hydrogen) atoms. The molecule has 0 aromatic heterocycles. The molecular weight excluding hydrogens is 195 g/mol. The van der Waals surface area contributed by atoms with Gasteiger partial charge < -0.3 is 5.48 Å². The van der Waals surface area contributed by atoms with Crippen LogP contribution in [0.2, 0.25) is 0 Å². The van der Waals surface area contributed by atoms with E-state index in [9.17, 15) is 0 Å². The monoisotopic (exact) mass is 195 g/mol. The largest absolute Gasteiger partial charge is 2.00 e. The van der Waals surface area contributed by atoms with E-state index in [-0.39, 0.29) is 82.3 Å². The molecule has 23 valence electrons. The third kappa shape index (κ3) is 21.5. The Morgan fingerprint density at radius 1 is 1.00 bits per heavy atom. The van der Waals surface area contributed by atoms with Gasteiger partial charge in [0.25, 0.3) is 0 Å². The van der Waals surface area contributed by atoms with E-state index in [0.717, 1.165) is 0 Å². The predicted molar refractivity (Wildman–Crippen MR) is 7.84 cm³/mol. The van der Waals surface area contributed by atoms with Gasteiger partial charge in [-0.2, -0.15) is 0 Å². The molecule has 0 unspecified atom stereocenters. The van der Waals surface area contributed by atoms with E-state index in [1.807, 2.05) is 0 Å². The second-order valence-electron chi connectivity index (χ2n) is 0. The van der Waals surface area contributed by atoms with Gasteiger partial charge in [-0.3, -0.25) is 0 Å². The van der Waals surface area contributed by atoms with Crippen LogP contribution in [0.4, 0.5) is 0 Å². The number of rotatable bonds is 0. The van der Waals surface area contributed by atoms with E-state index in [1.54, 1.807) is 0 Å². The first-order chi connectivity index (χ1) is 0. The van der Waals surface area contributed by atoms with Crippen molar-refractivity contribution in [2.45, 2.75) is 0 Å². The molecule has 0 aliphatic carbocycles. The molecule has 0 atom stereocenters. The average Bonchev–Trinajstić information content (AvgIpc) is 0. The summed E-state index contributed by atoms with van der Waals surface area (Å²) in [6.45, 7) is 0. The van der Waals surface area contributed by atoms with Crippen LogP contribution in [0.3, 0.4) is 0 Å². The summed E-state index contributed by atoms with van der Waals surface area (Å²) in [5.41, 5.74) is 0. The Morgan fingerprint density at radius 3 is 1.00 bits per heavy atom. The molecule has 5 heteroatoms. The van der Waals surface area contributed by atoms with Crippen molar-refractivity contribution in [3.8, 4) is 0 Å². The average molecular weight is 196 g/mol. The molecule has 0 aromatic rings. The van der Waals surface area contributed by atoms with Crippen molar-refractivity contribution in [2.24, 2.45) is 0 Å². The normalized spacial score (nSPS) is 0. The van der Waals surface area contributed by atoms with Crippen LogP contribution < -0.4 is 0 Å². The van der Waals surface area contributed by atoms with Crippen LogP contribution in [0.1, 0.15) is 0 Å². The first-order valence-electron chi connectivity index (χ1n) is 0. The van der Waals surface area contributed by atoms with Crippen LogP contribution in [0, 0.1) is 0 Å². The van der Waals surface area contributed by atoms with E-state index >= 15 is 0 Å². The Kier molecular flexibility index (Phi) is 341. The second kappa shape index (κ2) is 32.4. The molecule has 0 aliphatic heterocycles. The minimum Gasteiger partial charge on any atom is -2.00 e. The van der Waals surface area contributed by atoms with Crippen LogP contribution in [-0.4, -0.2) is 18.9 Å². The van der Waals surface area contributed by atoms with Crippen molar-refractivity contribution < 1.29 is 63.5 Å². The van der Waals surface area contributed by atoms with Gasteiger partial charge in [-0.1, -0.05) is 0 Å². The number of hydrogen-bond donors (Lipinski definition) is 0. The van der Waals surface area contributed by atoms with Crippen LogP contribution >= 0.6 is 0 Å². The van der Waals surface area contributed by atoms with E-state index in [1.165, 1.54) is 0 Å². The van der Waals surface area contributed by atoms with E-state index in [4.69, 9.17) is 0 Å². The Bertz CT molecular complexity index is 11.6. The van der Waals surface area contributed by atoms with Crippen molar-refractivity contribution in [2.75, 3.05) is 0 Å². The van der Waals surface area contributed by atoms with Gasteiger partial charge in [0, 0.05) is 38.5 Å². The molecule has 1 radical (unpaired) electrons. The molecule has 0 bridgehead atoms. The zero-order valence-corrected chi connectivity index (χ0v) is 7.52. The van der Waals surface area contributed by atoms with Crippen LogP contribution in [0.15, 0.2) is 0 Å². The van der Waals surface area contributed by atoms with Gasteiger partial charge in [0.1, 0.15) is 0 Å². The third-order valence-electron chi connectivity index (χ3n) is 0. The summed E-state index contributed by atoms with van der Waals surface area (Å²) >= 11 is 0. The van der Waals surface area contributed by atoms with Crippen molar-refractivity contribution in [1.29, 1.82) is 0 Å². The Labute approximate surface area is 81.4 Å². The quantitative estimate of drug-likeness (QED) is 0.455. The molecule has 1 nitrogen and oxygen atoms in total. The standard InChI is InChI=1S/Co.Li.O.Ti.Zn.H/q;;-2;;+2;. The fourth-order valence-corrected chi connectivity index (χ4v) is 0. The molecular formula is HCoLiOTiZn. The maximum Gasteiger partial charge on any atom is 2.00 e. The van der Waals surface area contributed by atoms with Gasteiger partial charge in [-0.25, -0.2) is 0 Å². The first kappa shape index (κ1) is 52.6. The molecule has 0 aromatic carbocycles. The summed E-state index contributed by atoms with van der Waals surface area (Å²) in [5, 5.41) is 0. The SMILES string of the molecule is [Co].[LiH].[O-2].[Ti].[Zn+2]. The third-order valence-corrected chi connectivity index (χ3v) is 0. The first-order valence-corrected chi connectivity index (χ1v) is 0. The van der Waals surface area contributed by atoms with E-state index in [2.05, 4.69) is 0 Å². The van der Waals surface area contributed by atoms with Crippen molar-refractivity contribution >= 4 is 18.9 Å². The number of hydrogen-bond acceptors (Lipinski definition) is 0. The van der Waals surface area contributed by atoms with E-state index in [0.29, 0.717) is 0 Å². The van der Waals surface area contributed by atoms with Gasteiger partial charge in [0.05, 0.1) is 0 Å². The fourth-order valence-electron chi connectivity index (χ4n) is 0. The molecule has 0 aliphatic rings. The van der Waals surface area contributed by atoms with Gasteiger partial charge in [0.15, 0.2) is 0 Å². The summed E-state index contributed by atoms with van der Waals surface area (Å²) in [4.78, 5) is 0. The van der Waals surface area contributed by atoms with Crippen molar-refractivity contribution in [3.05, 3.63) is 0 Å². The Hall–Kier alpha value is 2.40.